The van der Waals surface area contributed by atoms with Gasteiger partial charge in [-0.3, -0.25) is 4.90 Å². The van der Waals surface area contributed by atoms with E-state index in [1.54, 1.807) is 18.5 Å². The zero-order valence-electron chi connectivity index (χ0n) is 14.3. The molecule has 26 heavy (non-hydrogen) atoms. The van der Waals surface area contributed by atoms with Gasteiger partial charge in [-0.05, 0) is 49.2 Å². The highest BCUT2D eigenvalue weighted by molar-refractivity contribution is 6.31. The lowest BCUT2D eigenvalue weighted by molar-refractivity contribution is 0.244. The molecule has 6 heteroatoms. The zero-order valence-corrected chi connectivity index (χ0v) is 15.1. The Morgan fingerprint density at radius 1 is 1.04 bits per heavy atom. The lowest BCUT2D eigenvalue weighted by Crippen LogP contribution is -2.23. The predicted octanol–water partition coefficient (Wildman–Crippen LogP) is 4.61. The number of hydrogen-bond donors (Lipinski definition) is 1. The summed E-state index contributed by atoms with van der Waals surface area (Å²) in [6.07, 6.45) is 5.68. The first-order valence-corrected chi connectivity index (χ1v) is 9.16. The minimum absolute atomic E-state index is 0.296. The summed E-state index contributed by atoms with van der Waals surface area (Å²) in [5.41, 5.74) is 2.23. The second kappa shape index (κ2) is 7.81. The molecule has 4 rings (SSSR count). The maximum Gasteiger partial charge on any atom is 0.228 e. The van der Waals surface area contributed by atoms with Crippen LogP contribution in [0.15, 0.2) is 60.9 Å². The fourth-order valence-electron chi connectivity index (χ4n) is 3.38. The maximum atomic E-state index is 6.35. The van der Waals surface area contributed by atoms with Crippen molar-refractivity contribution in [3.8, 4) is 0 Å². The van der Waals surface area contributed by atoms with E-state index < -0.39 is 0 Å². The van der Waals surface area contributed by atoms with Crippen molar-refractivity contribution in [3.05, 3.63) is 77.2 Å². The Balaban J connectivity index is 1.52. The van der Waals surface area contributed by atoms with Gasteiger partial charge in [-0.1, -0.05) is 35.9 Å². The van der Waals surface area contributed by atoms with Crippen molar-refractivity contribution in [1.29, 1.82) is 0 Å². The molecule has 1 atom stereocenters. The smallest absolute Gasteiger partial charge is 0.228 e. The van der Waals surface area contributed by atoms with E-state index in [0.29, 0.717) is 12.0 Å². The van der Waals surface area contributed by atoms with Gasteiger partial charge in [0, 0.05) is 24.0 Å². The van der Waals surface area contributed by atoms with Crippen LogP contribution in [-0.2, 0) is 6.54 Å². The topological polar surface area (TPSA) is 53.9 Å². The molecule has 5 nitrogen and oxygen atoms in total. The first kappa shape index (κ1) is 16.9. The van der Waals surface area contributed by atoms with Gasteiger partial charge in [0.15, 0.2) is 0 Å². The number of nitrogens with one attached hydrogen (secondary N) is 1. The molecule has 3 aromatic rings. The minimum Gasteiger partial charge on any atom is -0.309 e. The molecule has 132 valence electrons. The second-order valence-corrected chi connectivity index (χ2v) is 6.77. The number of hydrogen-bond acceptors (Lipinski definition) is 5. The number of aromatic nitrogens is 3. The number of nitrogens with zero attached hydrogens (tertiary/aromatic N) is 4. The third kappa shape index (κ3) is 3.84. The first-order chi connectivity index (χ1) is 12.8. The Bertz CT molecular complexity index is 871. The number of pyridine rings is 1. The molecule has 1 aliphatic rings. The molecule has 0 amide bonds. The normalized spacial score (nSPS) is 17.3. The van der Waals surface area contributed by atoms with Gasteiger partial charge >= 0.3 is 0 Å². The molecule has 1 saturated heterocycles. The summed E-state index contributed by atoms with van der Waals surface area (Å²) in [5.74, 6) is 1.31. The standard InChI is InChI=1S/C20H20ClN5/c21-16-7-2-1-6-15(16)14-26-13-4-9-18(26)17-8-3-10-19(24-17)25-20-22-11-5-12-23-20/h1-3,5-8,10-12,18H,4,9,13-14H2,(H,22,23,24,25)/t18-/m0/s1. The summed E-state index contributed by atoms with van der Waals surface area (Å²) in [4.78, 5) is 15.6. The molecule has 1 fully saturated rings. The zero-order chi connectivity index (χ0) is 17.8. The van der Waals surface area contributed by atoms with Crippen LogP contribution in [0.4, 0.5) is 11.8 Å². The fraction of sp³-hybridized carbons (Fsp3) is 0.250. The minimum atomic E-state index is 0.296. The summed E-state index contributed by atoms with van der Waals surface area (Å²) < 4.78 is 0. The maximum absolute atomic E-state index is 6.35. The van der Waals surface area contributed by atoms with E-state index in [0.717, 1.165) is 48.0 Å². The highest BCUT2D eigenvalue weighted by Crippen LogP contribution is 2.33. The monoisotopic (exact) mass is 365 g/mol. The molecule has 0 bridgehead atoms. The largest absolute Gasteiger partial charge is 0.309 e. The molecule has 0 radical (unpaired) electrons. The van der Waals surface area contributed by atoms with Crippen LogP contribution in [0.25, 0.3) is 0 Å². The van der Waals surface area contributed by atoms with Crippen LogP contribution < -0.4 is 5.32 Å². The Labute approximate surface area is 158 Å². The molecule has 0 saturated carbocycles. The number of likely N-dealkylation sites (tertiary alicyclic amines) is 1. The summed E-state index contributed by atoms with van der Waals surface area (Å²) in [6, 6.07) is 16.2. The number of rotatable bonds is 5. The molecule has 2 aromatic heterocycles. The quantitative estimate of drug-likeness (QED) is 0.715. The van der Waals surface area contributed by atoms with E-state index in [-0.39, 0.29) is 0 Å². The third-order valence-electron chi connectivity index (χ3n) is 4.61. The van der Waals surface area contributed by atoms with Crippen LogP contribution >= 0.6 is 11.6 Å². The number of halogens is 1. The van der Waals surface area contributed by atoms with Crippen molar-refractivity contribution in [1.82, 2.24) is 19.9 Å². The van der Waals surface area contributed by atoms with Gasteiger partial charge in [-0.2, -0.15) is 0 Å². The average Bonchev–Trinajstić information content (AvgIpc) is 3.13. The molecular formula is C20H20ClN5. The van der Waals surface area contributed by atoms with Crippen molar-refractivity contribution in [2.45, 2.75) is 25.4 Å². The predicted molar refractivity (Wildman–Crippen MR) is 103 cm³/mol. The molecule has 0 aliphatic carbocycles. The number of benzene rings is 1. The fourth-order valence-corrected chi connectivity index (χ4v) is 3.58. The van der Waals surface area contributed by atoms with Crippen LogP contribution in [-0.4, -0.2) is 26.4 Å². The Morgan fingerprint density at radius 3 is 2.73 bits per heavy atom. The molecule has 1 N–H and O–H groups in total. The van der Waals surface area contributed by atoms with E-state index >= 15 is 0 Å². The summed E-state index contributed by atoms with van der Waals surface area (Å²) in [7, 11) is 0. The second-order valence-electron chi connectivity index (χ2n) is 6.37. The van der Waals surface area contributed by atoms with Gasteiger partial charge in [-0.15, -0.1) is 0 Å². The van der Waals surface area contributed by atoms with Crippen molar-refractivity contribution in [2.24, 2.45) is 0 Å². The van der Waals surface area contributed by atoms with Gasteiger partial charge in [0.1, 0.15) is 5.82 Å². The van der Waals surface area contributed by atoms with Crippen LogP contribution in [0.2, 0.25) is 5.02 Å². The van der Waals surface area contributed by atoms with Crippen molar-refractivity contribution >= 4 is 23.4 Å². The summed E-state index contributed by atoms with van der Waals surface area (Å²) in [5, 5.41) is 3.99. The van der Waals surface area contributed by atoms with Crippen LogP contribution in [0.5, 0.6) is 0 Å². The summed E-state index contributed by atoms with van der Waals surface area (Å²) in [6.45, 7) is 1.89. The molecular weight excluding hydrogens is 346 g/mol. The van der Waals surface area contributed by atoms with Gasteiger partial charge < -0.3 is 5.32 Å². The van der Waals surface area contributed by atoms with Gasteiger partial charge in [0.05, 0.1) is 11.7 Å². The van der Waals surface area contributed by atoms with Crippen molar-refractivity contribution in [2.75, 3.05) is 11.9 Å². The van der Waals surface area contributed by atoms with E-state index in [2.05, 4.69) is 32.3 Å². The highest BCUT2D eigenvalue weighted by Gasteiger charge is 2.27. The SMILES string of the molecule is Clc1ccccc1CN1CCC[C@H]1c1cccc(Nc2ncccn2)n1. The van der Waals surface area contributed by atoms with Gasteiger partial charge in [-0.25, -0.2) is 15.0 Å². The van der Waals surface area contributed by atoms with Crippen molar-refractivity contribution < 1.29 is 0 Å². The van der Waals surface area contributed by atoms with Crippen LogP contribution in [0, 0.1) is 0 Å². The molecule has 1 aliphatic heterocycles. The van der Waals surface area contributed by atoms with Crippen molar-refractivity contribution in [3.63, 3.8) is 0 Å². The van der Waals surface area contributed by atoms with E-state index in [9.17, 15) is 0 Å². The first-order valence-electron chi connectivity index (χ1n) is 8.78. The number of anilines is 2. The Kier molecular flexibility index (Phi) is 5.09. The third-order valence-corrected chi connectivity index (χ3v) is 4.98. The van der Waals surface area contributed by atoms with Gasteiger partial charge in [0.2, 0.25) is 5.95 Å². The Morgan fingerprint density at radius 2 is 1.88 bits per heavy atom. The summed E-state index contributed by atoms with van der Waals surface area (Å²) >= 11 is 6.35. The van der Waals surface area contributed by atoms with E-state index in [1.807, 2.05) is 30.3 Å². The molecule has 0 unspecified atom stereocenters. The molecule has 0 spiro atoms. The molecule has 3 heterocycles. The van der Waals surface area contributed by atoms with E-state index in [4.69, 9.17) is 16.6 Å². The Hall–Kier alpha value is -2.50. The lowest BCUT2D eigenvalue weighted by Gasteiger charge is -2.25. The van der Waals surface area contributed by atoms with E-state index in [1.165, 1.54) is 0 Å². The van der Waals surface area contributed by atoms with Gasteiger partial charge in [0.25, 0.3) is 0 Å². The molecule has 1 aromatic carbocycles. The van der Waals surface area contributed by atoms with Crippen LogP contribution in [0.1, 0.15) is 30.1 Å². The average molecular weight is 366 g/mol. The van der Waals surface area contributed by atoms with Crippen LogP contribution in [0.3, 0.4) is 0 Å². The lowest BCUT2D eigenvalue weighted by atomic mass is 10.1. The highest BCUT2D eigenvalue weighted by atomic mass is 35.5.